The van der Waals surface area contributed by atoms with Crippen molar-refractivity contribution in [3.05, 3.63) is 51.9 Å². The van der Waals surface area contributed by atoms with Gasteiger partial charge >= 0.3 is 0 Å². The van der Waals surface area contributed by atoms with E-state index in [-0.39, 0.29) is 21.6 Å². The van der Waals surface area contributed by atoms with Crippen LogP contribution in [0.1, 0.15) is 10.4 Å². The lowest BCUT2D eigenvalue weighted by atomic mass is 10.2. The van der Waals surface area contributed by atoms with Crippen molar-refractivity contribution >= 4 is 46.2 Å². The summed E-state index contributed by atoms with van der Waals surface area (Å²) in [5.41, 5.74) is 1.09. The van der Waals surface area contributed by atoms with Crippen LogP contribution in [0.4, 0.5) is 10.3 Å². The first-order valence-electron chi connectivity index (χ1n) is 5.81. The molecule has 106 valence electrons. The summed E-state index contributed by atoms with van der Waals surface area (Å²) in [6, 6.07) is 5.64. The highest BCUT2D eigenvalue weighted by Crippen LogP contribution is 2.25. The fourth-order valence-corrected chi connectivity index (χ4v) is 2.24. The molecule has 2 aromatic heterocycles. The molecule has 0 saturated carbocycles. The predicted molar refractivity (Wildman–Crippen MR) is 78.3 cm³/mol. The van der Waals surface area contributed by atoms with Crippen molar-refractivity contribution in [1.29, 1.82) is 0 Å². The number of pyridine rings is 1. The highest BCUT2D eigenvalue weighted by atomic mass is 35.5. The quantitative estimate of drug-likeness (QED) is 0.707. The van der Waals surface area contributed by atoms with E-state index < -0.39 is 11.7 Å². The van der Waals surface area contributed by atoms with E-state index in [2.05, 4.69) is 20.3 Å². The van der Waals surface area contributed by atoms with E-state index >= 15 is 0 Å². The van der Waals surface area contributed by atoms with Crippen LogP contribution in [0, 0.1) is 5.82 Å². The van der Waals surface area contributed by atoms with Crippen molar-refractivity contribution in [2.75, 3.05) is 5.32 Å². The molecule has 0 spiro atoms. The smallest absolute Gasteiger partial charge is 0.259 e. The molecule has 2 heterocycles. The molecule has 0 bridgehead atoms. The number of hydrogen-bond donors (Lipinski definition) is 2. The number of aromatic amines is 1. The summed E-state index contributed by atoms with van der Waals surface area (Å²) in [5.74, 6) is -1.13. The van der Waals surface area contributed by atoms with E-state index in [1.165, 1.54) is 6.07 Å². The molecule has 3 rings (SSSR count). The second kappa shape index (κ2) is 5.31. The summed E-state index contributed by atoms with van der Waals surface area (Å²) in [4.78, 5) is 23.1. The van der Waals surface area contributed by atoms with Gasteiger partial charge in [-0.3, -0.25) is 10.1 Å². The Labute approximate surface area is 128 Å². The summed E-state index contributed by atoms with van der Waals surface area (Å²) < 4.78 is 13.4. The maximum Gasteiger partial charge on any atom is 0.259 e. The lowest BCUT2D eigenvalue weighted by Crippen LogP contribution is -2.14. The van der Waals surface area contributed by atoms with E-state index in [1.807, 2.05) is 0 Å². The van der Waals surface area contributed by atoms with Crippen molar-refractivity contribution < 1.29 is 9.18 Å². The number of fused-ring (bicyclic) bond motifs is 1. The number of halogens is 3. The van der Waals surface area contributed by atoms with E-state index in [0.29, 0.717) is 11.2 Å². The van der Waals surface area contributed by atoms with Crippen LogP contribution >= 0.6 is 23.2 Å². The van der Waals surface area contributed by atoms with Crippen molar-refractivity contribution in [3.8, 4) is 0 Å². The lowest BCUT2D eigenvalue weighted by Gasteiger charge is -2.05. The van der Waals surface area contributed by atoms with Crippen LogP contribution in [0.2, 0.25) is 10.0 Å². The number of aromatic nitrogens is 3. The van der Waals surface area contributed by atoms with Crippen LogP contribution in [0.25, 0.3) is 11.2 Å². The fraction of sp³-hybridized carbons (Fsp3) is 0. The second-order valence-corrected chi connectivity index (χ2v) is 4.97. The van der Waals surface area contributed by atoms with Crippen LogP contribution < -0.4 is 5.32 Å². The number of rotatable bonds is 2. The maximum absolute atomic E-state index is 13.4. The van der Waals surface area contributed by atoms with Crippen LogP contribution in [0.3, 0.4) is 0 Å². The molecule has 8 heteroatoms. The van der Waals surface area contributed by atoms with Gasteiger partial charge in [-0.2, -0.15) is 4.98 Å². The Bertz CT molecular complexity index is 816. The SMILES string of the molecule is O=C(Nc1nc2ncccc2[nH]1)c1cc(F)c(Cl)cc1Cl. The van der Waals surface area contributed by atoms with E-state index in [4.69, 9.17) is 23.2 Å². The average Bonchev–Trinajstić information content (AvgIpc) is 2.84. The summed E-state index contributed by atoms with van der Waals surface area (Å²) in [6.07, 6.45) is 1.58. The number of anilines is 1. The van der Waals surface area contributed by atoms with Gasteiger partial charge in [0.15, 0.2) is 5.65 Å². The number of hydrogen-bond acceptors (Lipinski definition) is 3. The van der Waals surface area contributed by atoms with Crippen LogP contribution in [0.5, 0.6) is 0 Å². The zero-order valence-corrected chi connectivity index (χ0v) is 11.8. The highest BCUT2D eigenvalue weighted by molar-refractivity contribution is 6.37. The fourth-order valence-electron chi connectivity index (χ4n) is 1.78. The summed E-state index contributed by atoms with van der Waals surface area (Å²) in [7, 11) is 0. The molecular formula is C13H7Cl2FN4O. The molecule has 0 fully saturated rings. The zero-order valence-electron chi connectivity index (χ0n) is 10.3. The molecule has 0 aliphatic rings. The van der Waals surface area contributed by atoms with Gasteiger partial charge < -0.3 is 4.98 Å². The Kier molecular flexibility index (Phi) is 3.48. The molecule has 0 aliphatic carbocycles. The molecule has 0 saturated heterocycles. The Morgan fingerprint density at radius 2 is 2.10 bits per heavy atom. The predicted octanol–water partition coefficient (Wildman–Crippen LogP) is 3.66. The molecule has 0 radical (unpaired) electrons. The number of nitrogens with zero attached hydrogens (tertiary/aromatic N) is 2. The minimum Gasteiger partial charge on any atom is -0.322 e. The largest absolute Gasteiger partial charge is 0.322 e. The molecule has 0 aliphatic heterocycles. The van der Waals surface area contributed by atoms with Gasteiger partial charge in [-0.15, -0.1) is 0 Å². The normalized spacial score (nSPS) is 10.8. The van der Waals surface area contributed by atoms with Crippen LogP contribution in [-0.2, 0) is 0 Å². The summed E-state index contributed by atoms with van der Waals surface area (Å²) in [6.45, 7) is 0. The number of imidazole rings is 1. The standard InChI is InChI=1S/C13H7Cl2FN4O/c14-7-5-8(15)9(16)4-6(7)12(21)20-13-18-10-2-1-3-17-11(10)19-13/h1-5H,(H2,17,18,19,20,21). The molecule has 1 aromatic carbocycles. The first kappa shape index (κ1) is 13.8. The first-order valence-corrected chi connectivity index (χ1v) is 6.57. The lowest BCUT2D eigenvalue weighted by molar-refractivity contribution is 0.102. The summed E-state index contributed by atoms with van der Waals surface area (Å²) >= 11 is 11.5. The minimum atomic E-state index is -0.725. The van der Waals surface area contributed by atoms with E-state index in [1.54, 1.807) is 18.3 Å². The van der Waals surface area contributed by atoms with Crippen molar-refractivity contribution in [2.24, 2.45) is 0 Å². The van der Waals surface area contributed by atoms with Gasteiger partial charge in [0.1, 0.15) is 5.82 Å². The second-order valence-electron chi connectivity index (χ2n) is 4.16. The average molecular weight is 325 g/mol. The number of H-pyrrole nitrogens is 1. The zero-order chi connectivity index (χ0) is 15.0. The van der Waals surface area contributed by atoms with Crippen molar-refractivity contribution in [2.45, 2.75) is 0 Å². The third-order valence-electron chi connectivity index (χ3n) is 2.74. The topological polar surface area (TPSA) is 70.7 Å². The maximum atomic E-state index is 13.4. The van der Waals surface area contributed by atoms with E-state index in [9.17, 15) is 9.18 Å². The minimum absolute atomic E-state index is 0.0352. The van der Waals surface area contributed by atoms with E-state index in [0.717, 1.165) is 6.07 Å². The number of nitrogens with one attached hydrogen (secondary N) is 2. The molecule has 3 aromatic rings. The highest BCUT2D eigenvalue weighted by Gasteiger charge is 2.16. The molecule has 5 nitrogen and oxygen atoms in total. The molecular weight excluding hydrogens is 318 g/mol. The number of carbonyl (C=O) groups is 1. The van der Waals surface area contributed by atoms with Gasteiger partial charge in [-0.1, -0.05) is 23.2 Å². The van der Waals surface area contributed by atoms with Crippen molar-refractivity contribution in [3.63, 3.8) is 0 Å². The third-order valence-corrected chi connectivity index (χ3v) is 3.35. The van der Waals surface area contributed by atoms with Gasteiger partial charge in [0.2, 0.25) is 5.95 Å². The van der Waals surface area contributed by atoms with Gasteiger partial charge in [-0.05, 0) is 24.3 Å². The molecule has 21 heavy (non-hydrogen) atoms. The Morgan fingerprint density at radius 1 is 1.29 bits per heavy atom. The molecule has 1 amide bonds. The first-order chi connectivity index (χ1) is 10.0. The van der Waals surface area contributed by atoms with Gasteiger partial charge in [0.05, 0.1) is 21.1 Å². The van der Waals surface area contributed by atoms with Crippen molar-refractivity contribution in [1.82, 2.24) is 15.0 Å². The van der Waals surface area contributed by atoms with Gasteiger partial charge in [0.25, 0.3) is 5.91 Å². The monoisotopic (exact) mass is 324 g/mol. The Balaban J connectivity index is 1.91. The third kappa shape index (κ3) is 2.68. The molecule has 0 atom stereocenters. The van der Waals surface area contributed by atoms with Crippen LogP contribution in [0.15, 0.2) is 30.5 Å². The molecule has 0 unspecified atom stereocenters. The Morgan fingerprint density at radius 3 is 2.86 bits per heavy atom. The molecule has 2 N–H and O–H groups in total. The number of amides is 1. The van der Waals surface area contributed by atoms with Crippen LogP contribution in [-0.4, -0.2) is 20.9 Å². The van der Waals surface area contributed by atoms with Gasteiger partial charge in [0, 0.05) is 6.20 Å². The Hall–Kier alpha value is -2.18. The van der Waals surface area contributed by atoms with Gasteiger partial charge in [-0.25, -0.2) is 9.37 Å². The number of carbonyl (C=O) groups excluding carboxylic acids is 1. The summed E-state index contributed by atoms with van der Waals surface area (Å²) in [5, 5.41) is 2.40. The number of benzene rings is 1.